The Kier molecular flexibility index (Phi) is 5.71. The van der Waals surface area contributed by atoms with E-state index in [2.05, 4.69) is 48.9 Å². The number of rotatable bonds is 7. The zero-order valence-corrected chi connectivity index (χ0v) is 15.7. The largest absolute Gasteiger partial charge is 0.493 e. The van der Waals surface area contributed by atoms with Crippen LogP contribution in [0.2, 0.25) is 0 Å². The van der Waals surface area contributed by atoms with Gasteiger partial charge in [-0.15, -0.1) is 0 Å². The van der Waals surface area contributed by atoms with Gasteiger partial charge in [0.05, 0.1) is 17.6 Å². The molecule has 1 N–H and O–H groups in total. The van der Waals surface area contributed by atoms with Crippen LogP contribution in [0, 0.1) is 19.8 Å². The lowest BCUT2D eigenvalue weighted by Gasteiger charge is -2.13. The zero-order valence-electron chi connectivity index (χ0n) is 15.7. The third-order valence-electron chi connectivity index (χ3n) is 4.65. The van der Waals surface area contributed by atoms with Crippen LogP contribution in [-0.4, -0.2) is 16.6 Å². The fourth-order valence-electron chi connectivity index (χ4n) is 3.11. The highest BCUT2D eigenvalue weighted by Gasteiger charge is 2.10. The van der Waals surface area contributed by atoms with Crippen molar-refractivity contribution in [3.05, 3.63) is 69.6 Å². The van der Waals surface area contributed by atoms with Crippen LogP contribution in [0.25, 0.3) is 11.0 Å². The summed E-state index contributed by atoms with van der Waals surface area (Å²) in [5.74, 6) is 1.34. The molecule has 0 bridgehead atoms. The second-order valence-electron chi connectivity index (χ2n) is 7.10. The third-order valence-corrected chi connectivity index (χ3v) is 4.65. The summed E-state index contributed by atoms with van der Waals surface area (Å²) in [6, 6.07) is 13.9. The van der Waals surface area contributed by atoms with E-state index in [1.807, 2.05) is 24.3 Å². The molecule has 136 valence electrons. The van der Waals surface area contributed by atoms with E-state index >= 15 is 0 Å². The van der Waals surface area contributed by atoms with Crippen LogP contribution >= 0.6 is 0 Å². The molecule has 4 nitrogen and oxygen atoms in total. The third kappa shape index (κ3) is 4.51. The first-order valence-electron chi connectivity index (χ1n) is 9.21. The number of aromatic nitrogens is 2. The predicted octanol–water partition coefficient (Wildman–Crippen LogP) is 4.58. The maximum Gasteiger partial charge on any atom is 0.270 e. The van der Waals surface area contributed by atoms with E-state index in [9.17, 15) is 4.79 Å². The number of nitrogens with one attached hydrogen (secondary N) is 1. The van der Waals surface area contributed by atoms with Gasteiger partial charge in [0, 0.05) is 0 Å². The van der Waals surface area contributed by atoms with Crippen molar-refractivity contribution in [2.75, 3.05) is 6.61 Å². The Bertz CT molecular complexity index is 946. The summed E-state index contributed by atoms with van der Waals surface area (Å²) in [6.07, 6.45) is 2.64. The lowest BCUT2D eigenvalue weighted by molar-refractivity contribution is 0.292. The normalized spacial score (nSPS) is 12.3. The first-order valence-corrected chi connectivity index (χ1v) is 9.21. The van der Waals surface area contributed by atoms with Gasteiger partial charge < -0.3 is 9.72 Å². The highest BCUT2D eigenvalue weighted by Crippen LogP contribution is 2.20. The average Bonchev–Trinajstić information content (AvgIpc) is 2.62. The van der Waals surface area contributed by atoms with E-state index in [1.165, 1.54) is 5.56 Å². The van der Waals surface area contributed by atoms with Gasteiger partial charge in [0.25, 0.3) is 5.56 Å². The zero-order chi connectivity index (χ0) is 18.5. The van der Waals surface area contributed by atoms with Crippen molar-refractivity contribution in [2.24, 2.45) is 5.92 Å². The van der Waals surface area contributed by atoms with Crippen molar-refractivity contribution in [3.63, 3.8) is 0 Å². The lowest BCUT2D eigenvalue weighted by Crippen LogP contribution is -2.18. The van der Waals surface area contributed by atoms with Crippen molar-refractivity contribution in [2.45, 2.75) is 40.0 Å². The first kappa shape index (κ1) is 18.2. The number of hydrogen-bond acceptors (Lipinski definition) is 3. The number of H-pyrrole nitrogens is 1. The molecule has 26 heavy (non-hydrogen) atoms. The number of aryl methyl sites for hydroxylation is 2. The summed E-state index contributed by atoms with van der Waals surface area (Å²) < 4.78 is 5.92. The predicted molar refractivity (Wildman–Crippen MR) is 106 cm³/mol. The van der Waals surface area contributed by atoms with E-state index < -0.39 is 0 Å². The van der Waals surface area contributed by atoms with Gasteiger partial charge in [-0.1, -0.05) is 31.2 Å². The maximum atomic E-state index is 12.2. The summed E-state index contributed by atoms with van der Waals surface area (Å²) in [4.78, 5) is 19.7. The SMILES string of the molecule is Cc1ccc(C)c(OCCCC(C)Cc2nc3ccccc3[nH]c2=O)c1. The Balaban J connectivity index is 1.53. The smallest absolute Gasteiger partial charge is 0.270 e. The van der Waals surface area contributed by atoms with Crippen LogP contribution in [0.3, 0.4) is 0 Å². The maximum absolute atomic E-state index is 12.2. The molecule has 3 rings (SSSR count). The summed E-state index contributed by atoms with van der Waals surface area (Å²) in [5.41, 5.74) is 4.54. The fraction of sp³-hybridized carbons (Fsp3) is 0.364. The van der Waals surface area contributed by atoms with E-state index in [0.29, 0.717) is 24.6 Å². The Morgan fingerprint density at radius 2 is 1.96 bits per heavy atom. The van der Waals surface area contributed by atoms with Crippen LogP contribution in [0.5, 0.6) is 5.75 Å². The number of para-hydroxylation sites is 2. The van der Waals surface area contributed by atoms with Crippen molar-refractivity contribution in [1.82, 2.24) is 9.97 Å². The Hall–Kier alpha value is -2.62. The highest BCUT2D eigenvalue weighted by molar-refractivity contribution is 5.73. The summed E-state index contributed by atoms with van der Waals surface area (Å²) in [5, 5.41) is 0. The van der Waals surface area contributed by atoms with E-state index in [0.717, 1.165) is 35.2 Å². The summed E-state index contributed by atoms with van der Waals surface area (Å²) >= 11 is 0. The molecule has 1 atom stereocenters. The van der Waals surface area contributed by atoms with Gasteiger partial charge in [-0.2, -0.15) is 0 Å². The Labute approximate surface area is 154 Å². The molecular weight excluding hydrogens is 324 g/mol. The van der Waals surface area contributed by atoms with Gasteiger partial charge >= 0.3 is 0 Å². The molecule has 1 unspecified atom stereocenters. The van der Waals surface area contributed by atoms with E-state index in [1.54, 1.807) is 0 Å². The van der Waals surface area contributed by atoms with E-state index in [-0.39, 0.29) is 5.56 Å². The number of fused-ring (bicyclic) bond motifs is 1. The van der Waals surface area contributed by atoms with Crippen molar-refractivity contribution < 1.29 is 4.74 Å². The molecule has 0 radical (unpaired) electrons. The standard InChI is InChI=1S/C22H26N2O2/c1-15(7-6-12-26-21-14-16(2)10-11-17(21)3)13-20-22(25)24-19-9-5-4-8-18(19)23-20/h4-5,8-11,14-15H,6-7,12-13H2,1-3H3,(H,24,25). The van der Waals surface area contributed by atoms with E-state index in [4.69, 9.17) is 4.74 Å². The number of benzene rings is 2. The van der Waals surface area contributed by atoms with Crippen molar-refractivity contribution in [3.8, 4) is 5.75 Å². The quantitative estimate of drug-likeness (QED) is 0.635. The van der Waals surface area contributed by atoms with Gasteiger partial charge in [0.1, 0.15) is 11.4 Å². The molecule has 4 heteroatoms. The molecule has 2 aromatic carbocycles. The molecule has 0 fully saturated rings. The first-order chi connectivity index (χ1) is 12.5. The number of aromatic amines is 1. The highest BCUT2D eigenvalue weighted by atomic mass is 16.5. The lowest BCUT2D eigenvalue weighted by atomic mass is 10.00. The van der Waals surface area contributed by atoms with Gasteiger partial charge in [-0.3, -0.25) is 4.79 Å². The molecule has 0 amide bonds. The van der Waals surface area contributed by atoms with Crippen LogP contribution in [0.15, 0.2) is 47.3 Å². The van der Waals surface area contributed by atoms with Crippen molar-refractivity contribution >= 4 is 11.0 Å². The minimum absolute atomic E-state index is 0.0813. The Morgan fingerprint density at radius 3 is 2.81 bits per heavy atom. The molecular formula is C22H26N2O2. The minimum atomic E-state index is -0.0813. The average molecular weight is 350 g/mol. The monoisotopic (exact) mass is 350 g/mol. The van der Waals surface area contributed by atoms with Gasteiger partial charge in [0.2, 0.25) is 0 Å². The molecule has 0 aliphatic heterocycles. The second kappa shape index (κ2) is 8.17. The number of ether oxygens (including phenoxy) is 1. The molecule has 0 saturated heterocycles. The number of nitrogens with zero attached hydrogens (tertiary/aromatic N) is 1. The molecule has 3 aromatic rings. The summed E-state index contributed by atoms with van der Waals surface area (Å²) in [7, 11) is 0. The molecule has 0 aliphatic rings. The fourth-order valence-corrected chi connectivity index (χ4v) is 3.11. The van der Waals surface area contributed by atoms with Crippen LogP contribution in [-0.2, 0) is 6.42 Å². The van der Waals surface area contributed by atoms with Crippen LogP contribution < -0.4 is 10.3 Å². The molecule has 0 aliphatic carbocycles. The van der Waals surface area contributed by atoms with Crippen molar-refractivity contribution in [1.29, 1.82) is 0 Å². The second-order valence-corrected chi connectivity index (χ2v) is 7.10. The van der Waals surface area contributed by atoms with Crippen LogP contribution in [0.1, 0.15) is 36.6 Å². The minimum Gasteiger partial charge on any atom is -0.493 e. The molecule has 1 aromatic heterocycles. The molecule has 1 heterocycles. The van der Waals surface area contributed by atoms with Crippen LogP contribution in [0.4, 0.5) is 0 Å². The topological polar surface area (TPSA) is 55.0 Å². The molecule has 0 saturated carbocycles. The number of hydrogen-bond donors (Lipinski definition) is 1. The Morgan fingerprint density at radius 1 is 1.15 bits per heavy atom. The van der Waals surface area contributed by atoms with Gasteiger partial charge in [0.15, 0.2) is 0 Å². The van der Waals surface area contributed by atoms with Gasteiger partial charge in [-0.05, 0) is 68.4 Å². The van der Waals surface area contributed by atoms with Gasteiger partial charge in [-0.25, -0.2) is 4.98 Å². The molecule has 0 spiro atoms. The summed E-state index contributed by atoms with van der Waals surface area (Å²) in [6.45, 7) is 6.99.